The molecule has 0 aromatic rings. The average molecular weight is 675 g/mol. The van der Waals surface area contributed by atoms with Crippen molar-refractivity contribution in [2.75, 3.05) is 0 Å². The van der Waals surface area contributed by atoms with E-state index in [0.29, 0.717) is 6.42 Å². The number of hydrogen-bond donors (Lipinski definition) is 2. The molecule has 0 aliphatic carbocycles. The van der Waals surface area contributed by atoms with Crippen LogP contribution in [-0.2, 0) is 9.59 Å². The lowest BCUT2D eigenvalue weighted by Crippen LogP contribution is -1.93. The molecule has 0 amide bonds. The highest BCUT2D eigenvalue weighted by Gasteiger charge is 1.97. The van der Waals surface area contributed by atoms with Crippen LogP contribution in [0, 0.1) is 0 Å². The average Bonchev–Trinajstić information content (AvgIpc) is 3.07. The molecule has 4 heteroatoms. The van der Waals surface area contributed by atoms with Crippen molar-refractivity contribution in [3.05, 3.63) is 36.5 Å². The van der Waals surface area contributed by atoms with E-state index in [1.54, 1.807) is 6.08 Å². The predicted molar refractivity (Wildman–Crippen MR) is 211 cm³/mol. The molecular formula is C44H82O4. The zero-order chi connectivity index (χ0) is 35.4. The van der Waals surface area contributed by atoms with E-state index in [-0.39, 0.29) is 0 Å². The molecule has 0 unspecified atom stereocenters. The minimum absolute atomic E-state index is 0.340. The Morgan fingerprint density at radius 1 is 0.375 bits per heavy atom. The number of rotatable bonds is 37. The lowest BCUT2D eigenvalue weighted by molar-refractivity contribution is -0.137. The van der Waals surface area contributed by atoms with Crippen LogP contribution in [0.15, 0.2) is 36.5 Å². The van der Waals surface area contributed by atoms with Crippen LogP contribution >= 0.6 is 0 Å². The Balaban J connectivity index is 0. The third-order valence-corrected chi connectivity index (χ3v) is 9.11. The van der Waals surface area contributed by atoms with Gasteiger partial charge in [-0.1, -0.05) is 211 Å². The van der Waals surface area contributed by atoms with Gasteiger partial charge in [-0.05, 0) is 44.9 Å². The fourth-order valence-electron chi connectivity index (χ4n) is 6.00. The van der Waals surface area contributed by atoms with Gasteiger partial charge >= 0.3 is 11.9 Å². The van der Waals surface area contributed by atoms with E-state index in [1.165, 1.54) is 199 Å². The minimum Gasteiger partial charge on any atom is -0.481 e. The van der Waals surface area contributed by atoms with Crippen LogP contribution in [0.5, 0.6) is 0 Å². The lowest BCUT2D eigenvalue weighted by Gasteiger charge is -2.03. The molecule has 0 spiro atoms. The third kappa shape index (κ3) is 51.0. The van der Waals surface area contributed by atoms with Gasteiger partial charge in [-0.2, -0.15) is 0 Å². The van der Waals surface area contributed by atoms with Crippen molar-refractivity contribution in [1.29, 1.82) is 0 Å². The van der Waals surface area contributed by atoms with Gasteiger partial charge in [-0.3, -0.25) is 4.79 Å². The Bertz CT molecular complexity index is 723. The second-order valence-electron chi connectivity index (χ2n) is 14.0. The normalized spacial score (nSPS) is 11.5. The highest BCUT2D eigenvalue weighted by Crippen LogP contribution is 2.15. The molecule has 0 aliphatic heterocycles. The molecule has 2 N–H and O–H groups in total. The van der Waals surface area contributed by atoms with E-state index in [1.807, 2.05) is 6.08 Å². The monoisotopic (exact) mass is 675 g/mol. The van der Waals surface area contributed by atoms with E-state index in [0.717, 1.165) is 19.3 Å². The largest absolute Gasteiger partial charge is 0.481 e. The van der Waals surface area contributed by atoms with Crippen molar-refractivity contribution in [2.45, 2.75) is 232 Å². The van der Waals surface area contributed by atoms with Gasteiger partial charge in [0.1, 0.15) is 0 Å². The van der Waals surface area contributed by atoms with Gasteiger partial charge in [0, 0.05) is 12.5 Å². The second kappa shape index (κ2) is 45.2. The molecule has 282 valence electrons. The van der Waals surface area contributed by atoms with Crippen LogP contribution in [0.3, 0.4) is 0 Å². The summed E-state index contributed by atoms with van der Waals surface area (Å²) in [7, 11) is 0. The molecule has 0 bridgehead atoms. The Morgan fingerprint density at radius 3 is 0.979 bits per heavy atom. The molecule has 0 fully saturated rings. The van der Waals surface area contributed by atoms with E-state index in [2.05, 4.69) is 32.1 Å². The molecule has 0 aromatic carbocycles. The van der Waals surface area contributed by atoms with Crippen molar-refractivity contribution in [3.63, 3.8) is 0 Å². The van der Waals surface area contributed by atoms with Crippen LogP contribution in [0.1, 0.15) is 232 Å². The maximum absolute atomic E-state index is 10.4. The molecule has 0 rings (SSSR count). The third-order valence-electron chi connectivity index (χ3n) is 9.11. The highest BCUT2D eigenvalue weighted by molar-refractivity contribution is 5.80. The van der Waals surface area contributed by atoms with Gasteiger partial charge in [0.25, 0.3) is 0 Å². The van der Waals surface area contributed by atoms with Gasteiger partial charge in [-0.25, -0.2) is 4.79 Å². The number of hydrogen-bond acceptors (Lipinski definition) is 2. The fourth-order valence-corrected chi connectivity index (χ4v) is 6.00. The Morgan fingerprint density at radius 2 is 0.667 bits per heavy atom. The first kappa shape index (κ1) is 48.3. The summed E-state index contributed by atoms with van der Waals surface area (Å²) in [5.74, 6) is -1.54. The lowest BCUT2D eigenvalue weighted by atomic mass is 10.0. The quantitative estimate of drug-likeness (QED) is 0.0298. The van der Waals surface area contributed by atoms with E-state index >= 15 is 0 Å². The molecule has 4 nitrogen and oxygen atoms in total. The van der Waals surface area contributed by atoms with E-state index < -0.39 is 11.9 Å². The topological polar surface area (TPSA) is 74.6 Å². The molecule has 0 saturated carbocycles. The second-order valence-corrected chi connectivity index (χ2v) is 14.0. The minimum atomic E-state index is -0.883. The number of unbranched alkanes of at least 4 members (excludes halogenated alkanes) is 30. The molecule has 0 saturated heterocycles. The number of carbonyl (C=O) groups is 2. The van der Waals surface area contributed by atoms with E-state index in [9.17, 15) is 9.59 Å². The summed E-state index contributed by atoms with van der Waals surface area (Å²) in [6.45, 7) is 4.55. The zero-order valence-electron chi connectivity index (χ0n) is 32.2. The maximum Gasteiger partial charge on any atom is 0.328 e. The van der Waals surface area contributed by atoms with Crippen molar-refractivity contribution >= 4 is 11.9 Å². The highest BCUT2D eigenvalue weighted by atomic mass is 16.4. The summed E-state index contributed by atoms with van der Waals surface area (Å²) in [5, 5.41) is 17.0. The number of carboxylic acids is 2. The first-order valence-corrected chi connectivity index (χ1v) is 21.0. The van der Waals surface area contributed by atoms with Gasteiger partial charge in [-0.15, -0.1) is 0 Å². The molecule has 0 heterocycles. The van der Waals surface area contributed by atoms with E-state index in [4.69, 9.17) is 10.2 Å². The van der Waals surface area contributed by atoms with Crippen molar-refractivity contribution in [1.82, 2.24) is 0 Å². The summed E-state index contributed by atoms with van der Waals surface area (Å²) in [6.07, 6.45) is 55.7. The summed E-state index contributed by atoms with van der Waals surface area (Å²) >= 11 is 0. The molecule has 0 aromatic heterocycles. The zero-order valence-corrected chi connectivity index (χ0v) is 32.2. The Hall–Kier alpha value is -1.84. The fraction of sp³-hybridized carbons (Fsp3) is 0.818. The predicted octanol–water partition coefficient (Wildman–Crippen LogP) is 15.1. The Kier molecular flexibility index (Phi) is 45.4. The van der Waals surface area contributed by atoms with Gasteiger partial charge in [0.15, 0.2) is 0 Å². The molecule has 0 radical (unpaired) electrons. The Labute approximate surface area is 299 Å². The van der Waals surface area contributed by atoms with Crippen molar-refractivity contribution < 1.29 is 19.8 Å². The van der Waals surface area contributed by atoms with Crippen molar-refractivity contribution in [2.24, 2.45) is 0 Å². The molecular weight excluding hydrogens is 592 g/mol. The summed E-state index contributed by atoms with van der Waals surface area (Å²) in [6, 6.07) is 0. The van der Waals surface area contributed by atoms with Crippen LogP contribution < -0.4 is 0 Å². The number of carboxylic acid groups (broad SMARTS) is 2. The van der Waals surface area contributed by atoms with Gasteiger partial charge < -0.3 is 10.2 Å². The molecule has 0 aliphatic rings. The SMILES string of the molecule is CCCCCCCC/C=C\CCCCCCCCCCCC(=O)O.CCCCCCCCCCCCCCCCCC=CC=CC(=O)O. The summed E-state index contributed by atoms with van der Waals surface area (Å²) < 4.78 is 0. The van der Waals surface area contributed by atoms with Gasteiger partial charge in [0.05, 0.1) is 0 Å². The van der Waals surface area contributed by atoms with Gasteiger partial charge in [0.2, 0.25) is 0 Å². The summed E-state index contributed by atoms with van der Waals surface area (Å²) in [4.78, 5) is 20.6. The smallest absolute Gasteiger partial charge is 0.328 e. The van der Waals surface area contributed by atoms with Crippen molar-refractivity contribution in [3.8, 4) is 0 Å². The molecule has 0 atom stereocenters. The molecule has 48 heavy (non-hydrogen) atoms. The first-order chi connectivity index (χ1) is 23.5. The first-order valence-electron chi connectivity index (χ1n) is 21.0. The number of aliphatic carboxylic acids is 2. The maximum atomic E-state index is 10.4. The van der Waals surface area contributed by atoms with Crippen LogP contribution in [0.25, 0.3) is 0 Å². The van der Waals surface area contributed by atoms with Crippen LogP contribution in [0.4, 0.5) is 0 Å². The van der Waals surface area contributed by atoms with Crippen LogP contribution in [-0.4, -0.2) is 22.2 Å². The number of allylic oxidation sites excluding steroid dienone is 5. The van der Waals surface area contributed by atoms with Crippen LogP contribution in [0.2, 0.25) is 0 Å². The standard InChI is InChI=1S/C22H42O2.C22H40O2/c2*1-2-3-4-5-6-7-8-9-10-11-12-13-14-15-16-17-18-19-20-21-22(23)24/h9-10H,2-8,11-21H2,1H3,(H,23,24);18-21H,2-17H2,1H3,(H,23,24)/b10-9-;. The summed E-state index contributed by atoms with van der Waals surface area (Å²) in [5.41, 5.74) is 0.